The molecule has 3 nitrogen and oxygen atoms in total. The minimum absolute atomic E-state index is 0.000874. The molecule has 0 amide bonds. The molecule has 0 heterocycles. The zero-order valence-corrected chi connectivity index (χ0v) is 13.1. The van der Waals surface area contributed by atoms with E-state index >= 15 is 0 Å². The number of aliphatic hydroxyl groups excluding tert-OH is 1. The highest BCUT2D eigenvalue weighted by Gasteiger charge is 2.42. The van der Waals surface area contributed by atoms with Crippen LogP contribution in [0.2, 0.25) is 0 Å². The van der Waals surface area contributed by atoms with Crippen LogP contribution >= 0.6 is 0 Å². The Bertz CT molecular complexity index is 737. The second-order valence-corrected chi connectivity index (χ2v) is 6.07. The maximum absolute atomic E-state index is 12.3. The van der Waals surface area contributed by atoms with Gasteiger partial charge in [-0.1, -0.05) is 36.8 Å². The molecule has 2 aliphatic carbocycles. The monoisotopic (exact) mass is 296 g/mol. The van der Waals surface area contributed by atoms with Gasteiger partial charge < -0.3 is 9.84 Å². The molecule has 0 fully saturated rings. The predicted octanol–water partition coefficient (Wildman–Crippen LogP) is 3.97. The van der Waals surface area contributed by atoms with Crippen LogP contribution in [-0.4, -0.2) is 17.7 Å². The number of aliphatic hydroxyl groups is 1. The molecule has 0 saturated carbocycles. The summed E-state index contributed by atoms with van der Waals surface area (Å²) in [4.78, 5) is 12.3. The van der Waals surface area contributed by atoms with Crippen LogP contribution in [0, 0.1) is 5.41 Å². The highest BCUT2D eigenvalue weighted by molar-refractivity contribution is 5.98. The van der Waals surface area contributed by atoms with E-state index in [1.165, 1.54) is 5.56 Å². The van der Waals surface area contributed by atoms with Gasteiger partial charge in [0.1, 0.15) is 11.3 Å². The topological polar surface area (TPSA) is 46.5 Å². The molecule has 22 heavy (non-hydrogen) atoms. The van der Waals surface area contributed by atoms with Gasteiger partial charge in [0.05, 0.1) is 6.61 Å². The SMILES string of the molecule is CCOC(=O)C1=C(O)C=C(C)C2(C)Cc3ccccc3C=C12. The minimum Gasteiger partial charge on any atom is -0.507 e. The van der Waals surface area contributed by atoms with Crippen molar-refractivity contribution in [2.45, 2.75) is 27.2 Å². The zero-order chi connectivity index (χ0) is 15.9. The lowest BCUT2D eigenvalue weighted by atomic mass is 9.63. The Morgan fingerprint density at radius 3 is 2.77 bits per heavy atom. The number of fused-ring (bicyclic) bond motifs is 2. The van der Waals surface area contributed by atoms with E-state index in [0.29, 0.717) is 12.2 Å². The van der Waals surface area contributed by atoms with E-state index < -0.39 is 5.97 Å². The van der Waals surface area contributed by atoms with Crippen molar-refractivity contribution in [2.75, 3.05) is 6.61 Å². The second kappa shape index (κ2) is 5.16. The van der Waals surface area contributed by atoms with Crippen LogP contribution in [0.3, 0.4) is 0 Å². The van der Waals surface area contributed by atoms with Crippen LogP contribution in [0.4, 0.5) is 0 Å². The van der Waals surface area contributed by atoms with E-state index in [1.54, 1.807) is 13.0 Å². The molecular weight excluding hydrogens is 276 g/mol. The van der Waals surface area contributed by atoms with Gasteiger partial charge in [-0.2, -0.15) is 0 Å². The van der Waals surface area contributed by atoms with E-state index in [1.807, 2.05) is 31.2 Å². The standard InChI is InChI=1S/C19H20O3/c1-4-22-18(21)17-15-10-13-7-5-6-8-14(13)11-19(15,3)12(2)9-16(17)20/h5-10,20H,4,11H2,1-3H3. The number of esters is 1. The van der Waals surface area contributed by atoms with Crippen molar-refractivity contribution in [1.82, 2.24) is 0 Å². The van der Waals surface area contributed by atoms with Crippen molar-refractivity contribution in [3.05, 3.63) is 63.9 Å². The normalized spacial score (nSPS) is 23.2. The molecule has 1 aromatic rings. The third-order valence-corrected chi connectivity index (χ3v) is 4.72. The zero-order valence-electron chi connectivity index (χ0n) is 13.1. The largest absolute Gasteiger partial charge is 0.507 e. The molecule has 0 spiro atoms. The molecule has 1 atom stereocenters. The first-order valence-corrected chi connectivity index (χ1v) is 7.57. The number of hydrogen-bond donors (Lipinski definition) is 1. The summed E-state index contributed by atoms with van der Waals surface area (Å²) < 4.78 is 5.14. The van der Waals surface area contributed by atoms with E-state index in [2.05, 4.69) is 13.0 Å². The molecule has 1 N–H and O–H groups in total. The molecule has 0 aromatic heterocycles. The maximum atomic E-state index is 12.3. The number of ether oxygens (including phenoxy) is 1. The fourth-order valence-electron chi connectivity index (χ4n) is 3.32. The van der Waals surface area contributed by atoms with Crippen molar-refractivity contribution >= 4 is 12.0 Å². The fraction of sp³-hybridized carbons (Fsp3) is 0.316. The van der Waals surface area contributed by atoms with Crippen molar-refractivity contribution in [3.8, 4) is 0 Å². The van der Waals surface area contributed by atoms with Crippen LogP contribution in [0.1, 0.15) is 31.9 Å². The average Bonchev–Trinajstić information content (AvgIpc) is 2.47. The number of hydrogen-bond acceptors (Lipinski definition) is 3. The molecule has 0 radical (unpaired) electrons. The molecule has 3 heteroatoms. The second-order valence-electron chi connectivity index (χ2n) is 6.07. The highest BCUT2D eigenvalue weighted by Crippen LogP contribution is 2.50. The lowest BCUT2D eigenvalue weighted by molar-refractivity contribution is -0.138. The Kier molecular flexibility index (Phi) is 3.44. The molecule has 114 valence electrons. The number of carbonyl (C=O) groups excluding carboxylic acids is 1. The molecule has 1 aromatic carbocycles. The molecule has 2 aliphatic rings. The molecule has 3 rings (SSSR count). The Hall–Kier alpha value is -2.29. The number of carbonyl (C=O) groups is 1. The van der Waals surface area contributed by atoms with Gasteiger partial charge >= 0.3 is 5.97 Å². The van der Waals surface area contributed by atoms with Gasteiger partial charge in [0.25, 0.3) is 0 Å². The minimum atomic E-state index is -0.458. The van der Waals surface area contributed by atoms with Crippen LogP contribution in [0.5, 0.6) is 0 Å². The third kappa shape index (κ3) is 2.08. The third-order valence-electron chi connectivity index (χ3n) is 4.72. The van der Waals surface area contributed by atoms with Gasteiger partial charge in [0.2, 0.25) is 0 Å². The first-order valence-electron chi connectivity index (χ1n) is 7.57. The smallest absolute Gasteiger partial charge is 0.342 e. The van der Waals surface area contributed by atoms with Gasteiger partial charge in [0, 0.05) is 5.41 Å². The van der Waals surface area contributed by atoms with Gasteiger partial charge in [-0.05, 0) is 49.1 Å². The molecule has 0 bridgehead atoms. The summed E-state index contributed by atoms with van der Waals surface area (Å²) in [6.45, 7) is 6.17. The van der Waals surface area contributed by atoms with Crippen molar-refractivity contribution < 1.29 is 14.6 Å². The first kappa shape index (κ1) is 14.6. The quantitative estimate of drug-likeness (QED) is 0.840. The number of benzene rings is 1. The highest BCUT2D eigenvalue weighted by atomic mass is 16.5. The van der Waals surface area contributed by atoms with Crippen molar-refractivity contribution in [3.63, 3.8) is 0 Å². The van der Waals surface area contributed by atoms with E-state index in [-0.39, 0.29) is 11.2 Å². The van der Waals surface area contributed by atoms with Crippen molar-refractivity contribution in [2.24, 2.45) is 5.41 Å². The Labute approximate surface area is 130 Å². The van der Waals surface area contributed by atoms with Crippen LogP contribution in [-0.2, 0) is 16.0 Å². The summed E-state index contributed by atoms with van der Waals surface area (Å²) >= 11 is 0. The van der Waals surface area contributed by atoms with E-state index in [4.69, 9.17) is 4.74 Å². The van der Waals surface area contributed by atoms with Crippen LogP contribution < -0.4 is 0 Å². The summed E-state index contributed by atoms with van der Waals surface area (Å²) in [5.41, 5.74) is 4.26. The summed E-state index contributed by atoms with van der Waals surface area (Å²) in [6, 6.07) is 8.17. The number of rotatable bonds is 2. The predicted molar refractivity (Wildman–Crippen MR) is 86.3 cm³/mol. The lowest BCUT2D eigenvalue weighted by Crippen LogP contribution is -2.33. The first-order chi connectivity index (χ1) is 10.5. The molecular formula is C19H20O3. The lowest BCUT2D eigenvalue weighted by Gasteiger charge is -2.40. The maximum Gasteiger partial charge on any atom is 0.342 e. The molecule has 0 aliphatic heterocycles. The summed E-state index contributed by atoms with van der Waals surface area (Å²) in [5, 5.41) is 10.3. The van der Waals surface area contributed by atoms with Gasteiger partial charge in [-0.15, -0.1) is 0 Å². The van der Waals surface area contributed by atoms with E-state index in [0.717, 1.165) is 23.1 Å². The van der Waals surface area contributed by atoms with Gasteiger partial charge in [-0.3, -0.25) is 0 Å². The Balaban J connectivity index is 2.21. The van der Waals surface area contributed by atoms with Gasteiger partial charge in [-0.25, -0.2) is 4.79 Å². The van der Waals surface area contributed by atoms with Crippen LogP contribution in [0.15, 0.2) is 52.8 Å². The van der Waals surface area contributed by atoms with Gasteiger partial charge in [0.15, 0.2) is 0 Å². The summed E-state index contributed by atoms with van der Waals surface area (Å²) in [6.07, 6.45) is 4.52. The Morgan fingerprint density at radius 1 is 1.32 bits per heavy atom. The fourth-order valence-corrected chi connectivity index (χ4v) is 3.32. The summed E-state index contributed by atoms with van der Waals surface area (Å²) in [7, 11) is 0. The van der Waals surface area contributed by atoms with E-state index in [9.17, 15) is 9.90 Å². The van der Waals surface area contributed by atoms with Crippen molar-refractivity contribution in [1.29, 1.82) is 0 Å². The average molecular weight is 296 g/mol. The molecule has 0 saturated heterocycles. The Morgan fingerprint density at radius 2 is 2.05 bits per heavy atom. The summed E-state index contributed by atoms with van der Waals surface area (Å²) in [5.74, 6) is -0.459. The van der Waals surface area contributed by atoms with Crippen LogP contribution in [0.25, 0.3) is 6.08 Å². The number of allylic oxidation sites excluding steroid dienone is 2. The molecule has 1 unspecified atom stereocenters.